The van der Waals surface area contributed by atoms with E-state index in [4.69, 9.17) is 4.98 Å². The number of imidazole rings is 2. The van der Waals surface area contributed by atoms with Crippen LogP contribution >= 0.6 is 11.3 Å². The molecular formula is C55H36N4SSi. The molecule has 0 saturated heterocycles. The average Bonchev–Trinajstić information content (AvgIpc) is 4.08. The molecule has 4 aromatic heterocycles. The predicted octanol–water partition coefficient (Wildman–Crippen LogP) is 11.3. The van der Waals surface area contributed by atoms with E-state index in [1.165, 1.54) is 57.2 Å². The van der Waals surface area contributed by atoms with Crippen LogP contribution in [0, 0.1) is 0 Å². The second kappa shape index (κ2) is 13.2. The first kappa shape index (κ1) is 34.4. The number of benzene rings is 9. The zero-order valence-electron chi connectivity index (χ0n) is 33.0. The Balaban J connectivity index is 1.21. The maximum atomic E-state index is 5.79. The van der Waals surface area contributed by atoms with Crippen molar-refractivity contribution in [1.82, 2.24) is 18.5 Å². The van der Waals surface area contributed by atoms with Crippen LogP contribution in [0.4, 0.5) is 0 Å². The van der Waals surface area contributed by atoms with Crippen LogP contribution in [-0.2, 0) is 0 Å². The molecule has 0 N–H and O–H groups in total. The van der Waals surface area contributed by atoms with Gasteiger partial charge in [0.25, 0.3) is 0 Å². The smallest absolute Gasteiger partial charge is 0.220 e. The monoisotopic (exact) mass is 812 g/mol. The Kier molecular flexibility index (Phi) is 7.46. The van der Waals surface area contributed by atoms with Crippen molar-refractivity contribution in [3.05, 3.63) is 218 Å². The molecule has 0 fully saturated rings. The standard InChI is InChI=1S/C55H36N4SSi/c1-5-18-37(19-6-1)57-46-29-15-13-26-42(46)44-33-35-48-52(53(44)57)56-55-58(49-30-17-28-45-43-27-14-16-31-51(43)60-54(45)49)47-34-32-41(36-50(47)59(48)55)61(38-20-7-2-8-21-38,39-22-9-3-10-23-39)40-24-11-4-12-25-40/h1-36H. The number of fused-ring (bicyclic) bond motifs is 12. The van der Waals surface area contributed by atoms with E-state index in [1.54, 1.807) is 0 Å². The summed E-state index contributed by atoms with van der Waals surface area (Å²) >= 11 is 1.86. The lowest BCUT2D eigenvalue weighted by Crippen LogP contribution is -2.74. The van der Waals surface area contributed by atoms with Crippen molar-refractivity contribution in [3.63, 3.8) is 0 Å². The maximum absolute atomic E-state index is 5.79. The lowest BCUT2D eigenvalue weighted by Gasteiger charge is -2.34. The minimum atomic E-state index is -2.85. The van der Waals surface area contributed by atoms with E-state index in [-0.39, 0.29) is 0 Å². The highest BCUT2D eigenvalue weighted by atomic mass is 32.1. The molecule has 0 unspecified atom stereocenters. The van der Waals surface area contributed by atoms with Gasteiger partial charge < -0.3 is 4.57 Å². The molecule has 0 amide bonds. The fraction of sp³-hybridized carbons (Fsp3) is 0. The van der Waals surface area contributed by atoms with Crippen LogP contribution in [0.5, 0.6) is 0 Å². The van der Waals surface area contributed by atoms with Crippen LogP contribution < -0.4 is 20.7 Å². The Hall–Kier alpha value is -7.51. The highest BCUT2D eigenvalue weighted by Gasteiger charge is 2.42. The van der Waals surface area contributed by atoms with Crippen LogP contribution in [0.25, 0.3) is 81.2 Å². The van der Waals surface area contributed by atoms with Crippen molar-refractivity contribution in [3.8, 4) is 11.4 Å². The van der Waals surface area contributed by atoms with E-state index in [9.17, 15) is 0 Å². The zero-order chi connectivity index (χ0) is 40.1. The first-order valence-corrected chi connectivity index (χ1v) is 23.6. The van der Waals surface area contributed by atoms with Gasteiger partial charge in [0.2, 0.25) is 5.78 Å². The molecule has 0 atom stereocenters. The number of nitrogens with zero attached hydrogens (tertiary/aromatic N) is 4. The molecule has 6 heteroatoms. The van der Waals surface area contributed by atoms with Gasteiger partial charge in [-0.3, -0.25) is 8.97 Å². The van der Waals surface area contributed by atoms with Crippen molar-refractivity contribution in [2.45, 2.75) is 0 Å². The summed E-state index contributed by atoms with van der Waals surface area (Å²) in [5.41, 5.74) is 8.86. The van der Waals surface area contributed by atoms with Gasteiger partial charge in [-0.2, -0.15) is 0 Å². The molecule has 0 bridgehead atoms. The van der Waals surface area contributed by atoms with E-state index < -0.39 is 8.07 Å². The molecule has 0 aliphatic carbocycles. The summed E-state index contributed by atoms with van der Waals surface area (Å²) in [7, 11) is -2.85. The minimum absolute atomic E-state index is 0.899. The molecule has 4 heterocycles. The second-order valence-corrected chi connectivity index (χ2v) is 20.8. The number of hydrogen-bond acceptors (Lipinski definition) is 2. The molecule has 286 valence electrons. The highest BCUT2D eigenvalue weighted by Crippen LogP contribution is 2.42. The minimum Gasteiger partial charge on any atom is -0.307 e. The molecule has 0 aliphatic heterocycles. The van der Waals surface area contributed by atoms with Gasteiger partial charge in [-0.25, -0.2) is 4.98 Å². The zero-order valence-corrected chi connectivity index (χ0v) is 34.8. The lowest BCUT2D eigenvalue weighted by atomic mass is 10.1. The SMILES string of the molecule is c1ccc(-n2c3ccccc3c3ccc4c(nc5n(-c6cccc7c6sc6ccccc67)c6ccc([Si](c7ccccc7)(c7ccccc7)c7ccccc7)cc6n45)c32)cc1. The second-order valence-electron chi connectivity index (χ2n) is 15.9. The van der Waals surface area contributed by atoms with Crippen molar-refractivity contribution in [1.29, 1.82) is 0 Å². The Bertz CT molecular complexity index is 3710. The molecule has 13 aromatic rings. The van der Waals surface area contributed by atoms with Crippen molar-refractivity contribution >= 4 is 110 Å². The van der Waals surface area contributed by atoms with E-state index in [0.29, 0.717) is 0 Å². The third kappa shape index (κ3) is 4.83. The third-order valence-electron chi connectivity index (χ3n) is 12.8. The van der Waals surface area contributed by atoms with Gasteiger partial charge in [-0.15, -0.1) is 11.3 Å². The van der Waals surface area contributed by atoms with E-state index >= 15 is 0 Å². The number of thiophene rings is 1. The molecular weight excluding hydrogens is 777 g/mol. The fourth-order valence-corrected chi connectivity index (χ4v) is 16.2. The van der Waals surface area contributed by atoms with Gasteiger partial charge in [0.15, 0.2) is 8.07 Å². The van der Waals surface area contributed by atoms with Gasteiger partial charge in [-0.1, -0.05) is 164 Å². The van der Waals surface area contributed by atoms with Gasteiger partial charge >= 0.3 is 0 Å². The van der Waals surface area contributed by atoms with E-state index in [1.807, 2.05) is 11.3 Å². The van der Waals surface area contributed by atoms with Gasteiger partial charge in [0.1, 0.15) is 5.52 Å². The van der Waals surface area contributed by atoms with E-state index in [2.05, 4.69) is 232 Å². The summed E-state index contributed by atoms with van der Waals surface area (Å²) in [6, 6.07) is 80.5. The molecule has 0 saturated carbocycles. The predicted molar refractivity (Wildman–Crippen MR) is 260 cm³/mol. The highest BCUT2D eigenvalue weighted by molar-refractivity contribution is 7.26. The van der Waals surface area contributed by atoms with Crippen LogP contribution in [0.3, 0.4) is 0 Å². The number of para-hydroxylation sites is 2. The van der Waals surface area contributed by atoms with E-state index in [0.717, 1.165) is 44.7 Å². The Morgan fingerprint density at radius 3 is 1.69 bits per heavy atom. The van der Waals surface area contributed by atoms with Crippen LogP contribution in [0.2, 0.25) is 0 Å². The Labute approximate surface area is 356 Å². The topological polar surface area (TPSA) is 27.2 Å². The van der Waals surface area contributed by atoms with Crippen LogP contribution in [-0.4, -0.2) is 26.6 Å². The Morgan fingerprint density at radius 2 is 0.984 bits per heavy atom. The van der Waals surface area contributed by atoms with Crippen LogP contribution in [0.1, 0.15) is 0 Å². The molecule has 0 radical (unpaired) electrons. The molecule has 13 rings (SSSR count). The lowest BCUT2D eigenvalue weighted by molar-refractivity contribution is 1.12. The first-order valence-electron chi connectivity index (χ1n) is 20.8. The summed E-state index contributed by atoms with van der Waals surface area (Å²) in [5, 5.41) is 10.3. The van der Waals surface area contributed by atoms with Crippen molar-refractivity contribution in [2.24, 2.45) is 0 Å². The summed E-state index contributed by atoms with van der Waals surface area (Å²) < 4.78 is 9.81. The molecule has 0 aliphatic rings. The number of rotatable bonds is 6. The summed E-state index contributed by atoms with van der Waals surface area (Å²) in [6.45, 7) is 0. The van der Waals surface area contributed by atoms with Gasteiger partial charge in [0.05, 0.1) is 38.0 Å². The quantitative estimate of drug-likeness (QED) is 0.121. The maximum Gasteiger partial charge on any atom is 0.220 e. The molecule has 61 heavy (non-hydrogen) atoms. The van der Waals surface area contributed by atoms with Crippen molar-refractivity contribution in [2.75, 3.05) is 0 Å². The average molecular weight is 813 g/mol. The van der Waals surface area contributed by atoms with Gasteiger partial charge in [-0.05, 0) is 75.3 Å². The first-order chi connectivity index (χ1) is 30.3. The van der Waals surface area contributed by atoms with Crippen LogP contribution in [0.15, 0.2) is 218 Å². The third-order valence-corrected chi connectivity index (χ3v) is 18.8. The number of aromatic nitrogens is 4. The molecule has 4 nitrogen and oxygen atoms in total. The fourth-order valence-electron chi connectivity index (χ4n) is 10.3. The van der Waals surface area contributed by atoms with Gasteiger partial charge in [0, 0.05) is 31.9 Å². The van der Waals surface area contributed by atoms with Crippen molar-refractivity contribution < 1.29 is 0 Å². The number of hydrogen-bond donors (Lipinski definition) is 0. The summed E-state index contributed by atoms with van der Waals surface area (Å²) in [6.07, 6.45) is 0. The largest absolute Gasteiger partial charge is 0.307 e. The molecule has 9 aromatic carbocycles. The summed E-state index contributed by atoms with van der Waals surface area (Å²) in [5.74, 6) is 0.899. The normalized spacial score (nSPS) is 12.3. The summed E-state index contributed by atoms with van der Waals surface area (Å²) in [4.78, 5) is 5.79. The molecule has 0 spiro atoms. The Morgan fingerprint density at radius 1 is 0.393 bits per heavy atom.